The van der Waals surface area contributed by atoms with Gasteiger partial charge >= 0.3 is 0 Å². The zero-order valence-corrected chi connectivity index (χ0v) is 13.0. The number of benzene rings is 1. The molecule has 1 saturated heterocycles. The minimum absolute atomic E-state index is 0.118. The van der Waals surface area contributed by atoms with E-state index in [-0.39, 0.29) is 24.0 Å². The van der Waals surface area contributed by atoms with Crippen LogP contribution < -0.4 is 10.0 Å². The van der Waals surface area contributed by atoms with Crippen molar-refractivity contribution < 1.29 is 13.2 Å². The molecule has 1 aliphatic rings. The van der Waals surface area contributed by atoms with Crippen molar-refractivity contribution in [1.82, 2.24) is 0 Å². The maximum Gasteiger partial charge on any atom is 0.227 e. The van der Waals surface area contributed by atoms with Crippen molar-refractivity contribution in [3.63, 3.8) is 0 Å². The molecular weight excluding hydrogens is 356 g/mol. The number of halogens is 2. The molecule has 5 nitrogen and oxygen atoms in total. The van der Waals surface area contributed by atoms with Gasteiger partial charge in [0, 0.05) is 29.0 Å². The first-order valence-electron chi connectivity index (χ1n) is 5.52. The van der Waals surface area contributed by atoms with Crippen LogP contribution in [-0.2, 0) is 14.8 Å². The van der Waals surface area contributed by atoms with E-state index in [2.05, 4.69) is 15.9 Å². The number of carbonyl (C=O) groups is 1. The van der Waals surface area contributed by atoms with Gasteiger partial charge in [-0.25, -0.2) is 13.6 Å². The van der Waals surface area contributed by atoms with Gasteiger partial charge in [-0.2, -0.15) is 0 Å². The highest BCUT2D eigenvalue weighted by atomic mass is 79.9. The fourth-order valence-electron chi connectivity index (χ4n) is 2.12. The number of nitrogens with zero attached hydrogens (tertiary/aromatic N) is 1. The monoisotopic (exact) mass is 366 g/mol. The van der Waals surface area contributed by atoms with Crippen LogP contribution in [0.4, 0.5) is 5.69 Å². The van der Waals surface area contributed by atoms with Gasteiger partial charge in [-0.3, -0.25) is 4.79 Å². The van der Waals surface area contributed by atoms with E-state index < -0.39 is 10.0 Å². The van der Waals surface area contributed by atoms with Crippen molar-refractivity contribution in [3.05, 3.63) is 27.7 Å². The molecule has 2 rings (SSSR count). The van der Waals surface area contributed by atoms with E-state index >= 15 is 0 Å². The minimum atomic E-state index is -3.56. The molecule has 1 aromatic rings. The number of sulfonamides is 1. The second-order valence-electron chi connectivity index (χ2n) is 4.50. The standard InChI is InChI=1S/C11H12BrClN2O3S/c12-9-2-1-8(4-10(9)13)15-5-7(3-11(15)16)6-19(14,17)18/h1-2,4,7H,3,5-6H2,(H2,14,17,18). The Morgan fingerprint density at radius 2 is 2.16 bits per heavy atom. The smallest absolute Gasteiger partial charge is 0.227 e. The van der Waals surface area contributed by atoms with E-state index in [9.17, 15) is 13.2 Å². The molecule has 1 heterocycles. The van der Waals surface area contributed by atoms with Gasteiger partial charge in [-0.1, -0.05) is 11.6 Å². The topological polar surface area (TPSA) is 80.5 Å². The van der Waals surface area contributed by atoms with Gasteiger partial charge in [0.05, 0.1) is 10.8 Å². The van der Waals surface area contributed by atoms with Gasteiger partial charge < -0.3 is 4.90 Å². The molecular formula is C11H12BrClN2O3S. The molecule has 1 atom stereocenters. The second kappa shape index (κ2) is 5.40. The Kier molecular flexibility index (Phi) is 4.20. The SMILES string of the molecule is NS(=O)(=O)CC1CC(=O)N(c2ccc(Br)c(Cl)c2)C1. The summed E-state index contributed by atoms with van der Waals surface area (Å²) in [7, 11) is -3.56. The molecule has 0 radical (unpaired) electrons. The highest BCUT2D eigenvalue weighted by Crippen LogP contribution is 2.31. The van der Waals surface area contributed by atoms with Crippen LogP contribution in [0.3, 0.4) is 0 Å². The van der Waals surface area contributed by atoms with Gasteiger partial charge in [0.2, 0.25) is 15.9 Å². The van der Waals surface area contributed by atoms with Gasteiger partial charge in [0.25, 0.3) is 0 Å². The fourth-order valence-corrected chi connectivity index (χ4v) is 3.43. The lowest BCUT2D eigenvalue weighted by molar-refractivity contribution is -0.117. The van der Waals surface area contributed by atoms with Gasteiger partial charge in [-0.15, -0.1) is 0 Å². The van der Waals surface area contributed by atoms with Crippen molar-refractivity contribution in [2.24, 2.45) is 11.1 Å². The summed E-state index contributed by atoms with van der Waals surface area (Å²) in [5.41, 5.74) is 0.662. The van der Waals surface area contributed by atoms with Crippen molar-refractivity contribution in [1.29, 1.82) is 0 Å². The normalized spacial score (nSPS) is 20.1. The van der Waals surface area contributed by atoms with E-state index in [1.807, 2.05) is 0 Å². The molecule has 1 aliphatic heterocycles. The molecule has 104 valence electrons. The second-order valence-corrected chi connectivity index (χ2v) is 7.42. The van der Waals surface area contributed by atoms with Gasteiger partial charge in [0.1, 0.15) is 0 Å². The summed E-state index contributed by atoms with van der Waals surface area (Å²) in [5.74, 6) is -0.573. The lowest BCUT2D eigenvalue weighted by Gasteiger charge is -2.17. The summed E-state index contributed by atoms with van der Waals surface area (Å²) in [6.07, 6.45) is 0.185. The lowest BCUT2D eigenvalue weighted by Crippen LogP contribution is -2.27. The van der Waals surface area contributed by atoms with Gasteiger partial charge in [0.15, 0.2) is 0 Å². The van der Waals surface area contributed by atoms with E-state index in [1.54, 1.807) is 18.2 Å². The van der Waals surface area contributed by atoms with E-state index in [0.717, 1.165) is 4.47 Å². The highest BCUT2D eigenvalue weighted by Gasteiger charge is 2.32. The summed E-state index contributed by atoms with van der Waals surface area (Å²) in [4.78, 5) is 13.4. The van der Waals surface area contributed by atoms with Crippen LogP contribution >= 0.6 is 27.5 Å². The van der Waals surface area contributed by atoms with E-state index in [0.29, 0.717) is 17.3 Å². The summed E-state index contributed by atoms with van der Waals surface area (Å²) in [6.45, 7) is 0.341. The summed E-state index contributed by atoms with van der Waals surface area (Å²) >= 11 is 9.26. The maximum atomic E-state index is 11.9. The Morgan fingerprint density at radius 1 is 1.47 bits per heavy atom. The highest BCUT2D eigenvalue weighted by molar-refractivity contribution is 9.10. The summed E-state index contributed by atoms with van der Waals surface area (Å²) in [6, 6.07) is 5.17. The number of amides is 1. The van der Waals surface area contributed by atoms with Crippen molar-refractivity contribution >= 4 is 49.1 Å². The Balaban J connectivity index is 2.18. The molecule has 0 saturated carbocycles. The first-order valence-corrected chi connectivity index (χ1v) is 8.41. The number of hydrogen-bond acceptors (Lipinski definition) is 3. The molecule has 0 aliphatic carbocycles. The molecule has 2 N–H and O–H groups in total. The maximum absolute atomic E-state index is 11.9. The average Bonchev–Trinajstić information content (AvgIpc) is 2.61. The quantitative estimate of drug-likeness (QED) is 0.883. The molecule has 0 aromatic heterocycles. The van der Waals surface area contributed by atoms with Crippen LogP contribution in [0.2, 0.25) is 5.02 Å². The van der Waals surface area contributed by atoms with Crippen molar-refractivity contribution in [2.45, 2.75) is 6.42 Å². The zero-order chi connectivity index (χ0) is 14.2. The Hall–Kier alpha value is -0.630. The molecule has 19 heavy (non-hydrogen) atoms. The molecule has 1 amide bonds. The van der Waals surface area contributed by atoms with Crippen LogP contribution in [0.15, 0.2) is 22.7 Å². The number of primary sulfonamides is 1. The summed E-state index contributed by atoms with van der Waals surface area (Å²) < 4.78 is 22.9. The molecule has 0 spiro atoms. The van der Waals surface area contributed by atoms with E-state index in [1.165, 1.54) is 4.90 Å². The van der Waals surface area contributed by atoms with Crippen LogP contribution in [-0.4, -0.2) is 26.6 Å². The van der Waals surface area contributed by atoms with Crippen LogP contribution in [0.25, 0.3) is 0 Å². The van der Waals surface area contributed by atoms with Crippen molar-refractivity contribution in [2.75, 3.05) is 17.2 Å². The first kappa shape index (κ1) is 14.8. The third kappa shape index (κ3) is 3.68. The lowest BCUT2D eigenvalue weighted by atomic mass is 10.1. The summed E-state index contributed by atoms with van der Waals surface area (Å²) in [5, 5.41) is 5.50. The largest absolute Gasteiger partial charge is 0.312 e. The molecule has 1 fully saturated rings. The molecule has 0 bridgehead atoms. The number of anilines is 1. The molecule has 1 unspecified atom stereocenters. The predicted molar refractivity (Wildman–Crippen MR) is 77.6 cm³/mol. The molecule has 8 heteroatoms. The Morgan fingerprint density at radius 3 is 2.74 bits per heavy atom. The fraction of sp³-hybridized carbons (Fsp3) is 0.364. The minimum Gasteiger partial charge on any atom is -0.312 e. The average molecular weight is 368 g/mol. The Labute approximate surface area is 124 Å². The third-order valence-electron chi connectivity index (χ3n) is 2.89. The van der Waals surface area contributed by atoms with Crippen LogP contribution in [0.5, 0.6) is 0 Å². The molecule has 1 aromatic carbocycles. The zero-order valence-electron chi connectivity index (χ0n) is 9.84. The van der Waals surface area contributed by atoms with Crippen LogP contribution in [0.1, 0.15) is 6.42 Å². The first-order chi connectivity index (χ1) is 8.76. The van der Waals surface area contributed by atoms with E-state index in [4.69, 9.17) is 16.7 Å². The third-order valence-corrected chi connectivity index (χ3v) is 5.06. The number of nitrogens with two attached hydrogens (primary N) is 1. The van der Waals surface area contributed by atoms with Gasteiger partial charge in [-0.05, 0) is 34.1 Å². The number of carbonyl (C=O) groups excluding carboxylic acids is 1. The predicted octanol–water partition coefficient (Wildman–Crippen LogP) is 1.74. The van der Waals surface area contributed by atoms with Crippen LogP contribution in [0, 0.1) is 5.92 Å². The number of rotatable bonds is 3. The van der Waals surface area contributed by atoms with Crippen molar-refractivity contribution in [3.8, 4) is 0 Å². The Bertz CT molecular complexity index is 620. The number of hydrogen-bond donors (Lipinski definition) is 1.